The minimum atomic E-state index is 0.155. The third kappa shape index (κ3) is 4.03. The fourth-order valence-corrected chi connectivity index (χ4v) is 3.30. The van der Waals surface area contributed by atoms with E-state index in [4.69, 9.17) is 0 Å². The van der Waals surface area contributed by atoms with E-state index in [1.165, 1.54) is 5.56 Å². The molecule has 0 radical (unpaired) electrons. The zero-order chi connectivity index (χ0) is 17.1. The molecule has 0 aromatic carbocycles. The molecule has 3 heterocycles. The van der Waals surface area contributed by atoms with Gasteiger partial charge in [0.2, 0.25) is 5.91 Å². The van der Waals surface area contributed by atoms with E-state index in [9.17, 15) is 4.79 Å². The summed E-state index contributed by atoms with van der Waals surface area (Å²) >= 11 is 0. The van der Waals surface area contributed by atoms with Crippen molar-refractivity contribution < 1.29 is 4.79 Å². The lowest BCUT2D eigenvalue weighted by Gasteiger charge is -2.26. The predicted molar refractivity (Wildman–Crippen MR) is 91.2 cm³/mol. The second kappa shape index (κ2) is 7.17. The minimum Gasteiger partial charge on any atom is -0.340 e. The van der Waals surface area contributed by atoms with Gasteiger partial charge in [0.05, 0.1) is 25.5 Å². The van der Waals surface area contributed by atoms with Gasteiger partial charge in [-0.05, 0) is 31.9 Å². The van der Waals surface area contributed by atoms with E-state index in [-0.39, 0.29) is 5.91 Å². The van der Waals surface area contributed by atoms with Gasteiger partial charge in [0, 0.05) is 44.6 Å². The van der Waals surface area contributed by atoms with Crippen molar-refractivity contribution in [2.24, 2.45) is 7.05 Å². The van der Waals surface area contributed by atoms with E-state index in [0.717, 1.165) is 31.5 Å². The molecular weight excluding hydrogens is 304 g/mol. The predicted octanol–water partition coefficient (Wildman–Crippen LogP) is 1.05. The highest BCUT2D eigenvalue weighted by Gasteiger charge is 2.27. The summed E-state index contributed by atoms with van der Waals surface area (Å²) in [5, 5.41) is 8.52. The van der Waals surface area contributed by atoms with Gasteiger partial charge in [-0.15, -0.1) is 0 Å². The summed E-state index contributed by atoms with van der Waals surface area (Å²) in [4.78, 5) is 16.6. The van der Waals surface area contributed by atoms with Crippen LogP contribution in [0.1, 0.15) is 24.0 Å². The Morgan fingerprint density at radius 1 is 1.33 bits per heavy atom. The summed E-state index contributed by atoms with van der Waals surface area (Å²) in [6.07, 6.45) is 9.97. The Bertz CT molecular complexity index is 691. The summed E-state index contributed by atoms with van der Waals surface area (Å²) in [6, 6.07) is 0.389. The SMILES string of the molecule is Cc1cnn(CC2CCCN2CC(=O)N(C)Cc2cnn(C)c2)c1. The van der Waals surface area contributed by atoms with Crippen LogP contribution in [-0.2, 0) is 24.9 Å². The van der Waals surface area contributed by atoms with Gasteiger partial charge in [-0.2, -0.15) is 10.2 Å². The van der Waals surface area contributed by atoms with E-state index in [1.807, 2.05) is 44.3 Å². The summed E-state index contributed by atoms with van der Waals surface area (Å²) < 4.78 is 3.75. The average Bonchev–Trinajstić information content (AvgIpc) is 3.24. The molecule has 1 atom stereocenters. The first-order chi connectivity index (χ1) is 11.5. The Hall–Kier alpha value is -2.15. The van der Waals surface area contributed by atoms with Crippen LogP contribution >= 0.6 is 0 Å². The zero-order valence-corrected chi connectivity index (χ0v) is 14.7. The first-order valence-corrected chi connectivity index (χ1v) is 8.46. The highest BCUT2D eigenvalue weighted by Crippen LogP contribution is 2.19. The number of likely N-dealkylation sites (N-methyl/N-ethyl adjacent to an activating group) is 1. The van der Waals surface area contributed by atoms with Crippen LogP contribution in [0.2, 0.25) is 0 Å². The first kappa shape index (κ1) is 16.7. The fourth-order valence-electron chi connectivity index (χ4n) is 3.30. The van der Waals surface area contributed by atoms with Crippen LogP contribution in [0.3, 0.4) is 0 Å². The highest BCUT2D eigenvalue weighted by atomic mass is 16.2. The molecule has 130 valence electrons. The van der Waals surface area contributed by atoms with E-state index in [0.29, 0.717) is 19.1 Å². The normalized spacial score (nSPS) is 18.2. The van der Waals surface area contributed by atoms with E-state index < -0.39 is 0 Å². The van der Waals surface area contributed by atoms with Crippen LogP contribution in [0.4, 0.5) is 0 Å². The molecule has 1 aliphatic heterocycles. The lowest BCUT2D eigenvalue weighted by molar-refractivity contribution is -0.131. The lowest BCUT2D eigenvalue weighted by Crippen LogP contribution is -2.41. The number of aryl methyl sites for hydroxylation is 2. The molecule has 1 saturated heterocycles. The molecule has 0 bridgehead atoms. The lowest BCUT2D eigenvalue weighted by atomic mass is 10.2. The van der Waals surface area contributed by atoms with Gasteiger partial charge >= 0.3 is 0 Å². The van der Waals surface area contributed by atoms with Gasteiger partial charge in [-0.3, -0.25) is 19.1 Å². The largest absolute Gasteiger partial charge is 0.340 e. The molecule has 7 heteroatoms. The van der Waals surface area contributed by atoms with Crippen molar-refractivity contribution in [1.82, 2.24) is 29.4 Å². The topological polar surface area (TPSA) is 59.2 Å². The van der Waals surface area contributed by atoms with Crippen LogP contribution in [0, 0.1) is 6.92 Å². The third-order valence-corrected chi connectivity index (χ3v) is 4.60. The molecule has 1 aliphatic rings. The van der Waals surface area contributed by atoms with Gasteiger partial charge in [0.25, 0.3) is 0 Å². The molecule has 0 saturated carbocycles. The Balaban J connectivity index is 1.54. The van der Waals surface area contributed by atoms with Gasteiger partial charge in [0.1, 0.15) is 0 Å². The van der Waals surface area contributed by atoms with Crippen LogP contribution in [-0.4, -0.2) is 61.4 Å². The monoisotopic (exact) mass is 330 g/mol. The molecule has 24 heavy (non-hydrogen) atoms. The van der Waals surface area contributed by atoms with Crippen molar-refractivity contribution in [2.75, 3.05) is 20.1 Å². The van der Waals surface area contributed by atoms with Gasteiger partial charge < -0.3 is 4.90 Å². The zero-order valence-electron chi connectivity index (χ0n) is 14.7. The molecule has 0 aliphatic carbocycles. The van der Waals surface area contributed by atoms with Crippen molar-refractivity contribution in [3.63, 3.8) is 0 Å². The number of carbonyl (C=O) groups excluding carboxylic acids is 1. The molecule has 1 fully saturated rings. The number of rotatable bonds is 6. The van der Waals surface area contributed by atoms with Crippen molar-refractivity contribution in [3.8, 4) is 0 Å². The Kier molecular flexibility index (Phi) is 4.99. The number of amides is 1. The van der Waals surface area contributed by atoms with Crippen LogP contribution in [0.25, 0.3) is 0 Å². The molecule has 2 aromatic heterocycles. The van der Waals surface area contributed by atoms with Gasteiger partial charge in [0.15, 0.2) is 0 Å². The number of nitrogens with zero attached hydrogens (tertiary/aromatic N) is 6. The maximum Gasteiger partial charge on any atom is 0.236 e. The van der Waals surface area contributed by atoms with E-state index in [1.54, 1.807) is 9.58 Å². The van der Waals surface area contributed by atoms with E-state index >= 15 is 0 Å². The maximum atomic E-state index is 12.5. The van der Waals surface area contributed by atoms with Crippen molar-refractivity contribution in [1.29, 1.82) is 0 Å². The summed E-state index contributed by atoms with van der Waals surface area (Å²) in [6.45, 7) is 4.96. The molecular formula is C17H26N6O. The smallest absolute Gasteiger partial charge is 0.236 e. The summed E-state index contributed by atoms with van der Waals surface area (Å²) in [5.41, 5.74) is 2.23. The first-order valence-electron chi connectivity index (χ1n) is 8.46. The van der Waals surface area contributed by atoms with Crippen LogP contribution < -0.4 is 0 Å². The molecule has 0 N–H and O–H groups in total. The Morgan fingerprint density at radius 2 is 2.17 bits per heavy atom. The molecule has 7 nitrogen and oxygen atoms in total. The number of carbonyl (C=O) groups is 1. The third-order valence-electron chi connectivity index (χ3n) is 4.60. The molecule has 2 aromatic rings. The Morgan fingerprint density at radius 3 is 2.83 bits per heavy atom. The number of hydrogen-bond donors (Lipinski definition) is 0. The van der Waals surface area contributed by atoms with E-state index in [2.05, 4.69) is 21.3 Å². The molecule has 3 rings (SSSR count). The van der Waals surface area contributed by atoms with Gasteiger partial charge in [-0.25, -0.2) is 0 Å². The second-order valence-corrected chi connectivity index (χ2v) is 6.78. The van der Waals surface area contributed by atoms with Crippen molar-refractivity contribution in [3.05, 3.63) is 35.9 Å². The van der Waals surface area contributed by atoms with Gasteiger partial charge in [-0.1, -0.05) is 0 Å². The molecule has 1 amide bonds. The number of hydrogen-bond acceptors (Lipinski definition) is 4. The van der Waals surface area contributed by atoms with Crippen LogP contribution in [0.5, 0.6) is 0 Å². The standard InChI is InChI=1S/C17H26N6O/c1-14-7-19-23(9-14)12-16-5-4-6-22(16)13-17(24)20(2)10-15-8-18-21(3)11-15/h7-9,11,16H,4-6,10,12-13H2,1-3H3. The Labute approximate surface area is 142 Å². The molecule has 0 spiro atoms. The minimum absolute atomic E-state index is 0.155. The average molecular weight is 330 g/mol. The highest BCUT2D eigenvalue weighted by molar-refractivity contribution is 5.78. The molecule has 1 unspecified atom stereocenters. The summed E-state index contributed by atoms with van der Waals surface area (Å²) in [7, 11) is 3.74. The number of aromatic nitrogens is 4. The van der Waals surface area contributed by atoms with Crippen molar-refractivity contribution in [2.45, 2.75) is 38.9 Å². The van der Waals surface area contributed by atoms with Crippen LogP contribution in [0.15, 0.2) is 24.8 Å². The fraction of sp³-hybridized carbons (Fsp3) is 0.588. The maximum absolute atomic E-state index is 12.5. The number of likely N-dealkylation sites (tertiary alicyclic amines) is 1. The van der Waals surface area contributed by atoms with Crippen molar-refractivity contribution >= 4 is 5.91 Å². The second-order valence-electron chi connectivity index (χ2n) is 6.78. The summed E-state index contributed by atoms with van der Waals surface area (Å²) in [5.74, 6) is 0.155. The quantitative estimate of drug-likeness (QED) is 0.794.